The molecular weight excluding hydrogens is 941 g/mol. The van der Waals surface area contributed by atoms with E-state index in [4.69, 9.17) is 20.4 Å². The van der Waals surface area contributed by atoms with E-state index >= 15 is 0 Å². The van der Waals surface area contributed by atoms with Gasteiger partial charge in [0.15, 0.2) is 0 Å². The number of hydrogen-bond acceptors (Lipinski definition) is 13. The first kappa shape index (κ1) is 51.3. The van der Waals surface area contributed by atoms with Gasteiger partial charge < -0.3 is 36.2 Å². The van der Waals surface area contributed by atoms with Gasteiger partial charge >= 0.3 is 6.09 Å². The Morgan fingerprint density at radius 3 is 1.37 bits per heavy atom. The molecule has 0 saturated heterocycles. The third-order valence-corrected chi connectivity index (χ3v) is 13.2. The van der Waals surface area contributed by atoms with Crippen LogP contribution in [-0.4, -0.2) is 65.9 Å². The first-order valence-electron chi connectivity index (χ1n) is 25.2. The van der Waals surface area contributed by atoms with Crippen molar-refractivity contribution >= 4 is 29.4 Å². The number of alkyl carbamates (subject to hydrolysis) is 1. The number of benzene rings is 4. The molecule has 0 unspecified atom stereocenters. The molecule has 0 spiro atoms. The molecule has 2 atom stereocenters. The maximum absolute atomic E-state index is 13.9. The van der Waals surface area contributed by atoms with Gasteiger partial charge in [-0.1, -0.05) is 109 Å². The first-order valence-corrected chi connectivity index (χ1v) is 25.2. The van der Waals surface area contributed by atoms with Gasteiger partial charge in [0.25, 0.3) is 11.1 Å². The lowest BCUT2D eigenvalue weighted by atomic mass is 10.1. The van der Waals surface area contributed by atoms with E-state index in [-0.39, 0.29) is 23.2 Å². The molecule has 384 valence electrons. The Morgan fingerprint density at radius 2 is 0.960 bits per heavy atom. The molecule has 0 bridgehead atoms. The van der Waals surface area contributed by atoms with E-state index < -0.39 is 11.7 Å². The van der Waals surface area contributed by atoms with Crippen LogP contribution in [-0.2, 0) is 57.9 Å². The van der Waals surface area contributed by atoms with Crippen molar-refractivity contribution in [2.24, 2.45) is 19.8 Å². The Hall–Kier alpha value is -8.63. The van der Waals surface area contributed by atoms with E-state index in [0.717, 1.165) is 23.1 Å². The van der Waals surface area contributed by atoms with Gasteiger partial charge in [0, 0.05) is 95.3 Å². The van der Waals surface area contributed by atoms with Crippen LogP contribution < -0.4 is 42.6 Å². The number of nitrogens with one attached hydrogen (secondary N) is 3. The minimum atomic E-state index is -0.620. The topological polar surface area (TPSA) is 190 Å². The third-order valence-electron chi connectivity index (χ3n) is 13.2. The Balaban J connectivity index is 0.000000187. The van der Waals surface area contributed by atoms with Crippen LogP contribution in [0.25, 0.3) is 22.5 Å². The summed E-state index contributed by atoms with van der Waals surface area (Å²) in [5.74, 6) is 0.909. The smallest absolute Gasteiger partial charge is 0.407 e. The molecule has 2 aliphatic heterocycles. The lowest BCUT2D eigenvalue weighted by Gasteiger charge is -2.25. The Kier molecular flexibility index (Phi) is 15.8. The number of amides is 1. The highest BCUT2D eigenvalue weighted by Gasteiger charge is 2.29. The van der Waals surface area contributed by atoms with Crippen LogP contribution >= 0.6 is 0 Å². The largest absolute Gasteiger partial charge is 0.444 e. The summed E-state index contributed by atoms with van der Waals surface area (Å²) in [5.41, 5.74) is 16.7. The molecule has 75 heavy (non-hydrogen) atoms. The zero-order chi connectivity index (χ0) is 52.5. The van der Waals surface area contributed by atoms with E-state index in [1.54, 1.807) is 43.4 Å². The number of pyridine rings is 2. The molecular formula is C59H64N12O4. The van der Waals surface area contributed by atoms with Crippen molar-refractivity contribution in [2.75, 3.05) is 33.5 Å². The predicted molar refractivity (Wildman–Crippen MR) is 296 cm³/mol. The summed E-state index contributed by atoms with van der Waals surface area (Å²) in [6.07, 6.45) is 7.66. The van der Waals surface area contributed by atoms with Gasteiger partial charge in [-0.25, -0.2) is 14.8 Å². The number of rotatable bonds is 15. The van der Waals surface area contributed by atoms with Crippen LogP contribution in [0.4, 0.5) is 28.1 Å². The van der Waals surface area contributed by atoms with Crippen LogP contribution in [0.3, 0.4) is 0 Å². The summed E-state index contributed by atoms with van der Waals surface area (Å²) < 4.78 is 8.64. The minimum absolute atomic E-state index is 0.0891. The van der Waals surface area contributed by atoms with E-state index in [9.17, 15) is 14.4 Å². The molecule has 10 rings (SSSR count). The molecule has 16 nitrogen and oxygen atoms in total. The van der Waals surface area contributed by atoms with E-state index in [1.807, 2.05) is 118 Å². The fourth-order valence-electron chi connectivity index (χ4n) is 9.44. The van der Waals surface area contributed by atoms with Crippen LogP contribution in [0.5, 0.6) is 0 Å². The maximum Gasteiger partial charge on any atom is 0.407 e. The van der Waals surface area contributed by atoms with Crippen molar-refractivity contribution in [3.05, 3.63) is 212 Å². The number of hydrogen-bond donors (Lipinski definition) is 4. The average molecular weight is 1010 g/mol. The lowest BCUT2D eigenvalue weighted by Crippen LogP contribution is -2.44. The molecule has 0 fully saturated rings. The van der Waals surface area contributed by atoms with E-state index in [1.165, 1.54) is 32.4 Å². The molecule has 2 aliphatic rings. The van der Waals surface area contributed by atoms with Crippen molar-refractivity contribution in [1.82, 2.24) is 34.4 Å². The van der Waals surface area contributed by atoms with Gasteiger partial charge in [0.05, 0.1) is 6.04 Å². The van der Waals surface area contributed by atoms with Crippen LogP contribution in [0.1, 0.15) is 54.2 Å². The quantitative estimate of drug-likeness (QED) is 0.0769. The molecule has 4 aromatic heterocycles. The standard InChI is InChI=1S/C32H36N6O3.C27H28N6O/c1-32(2,3)41-31(40)35-26(18-22-10-6-5-7-11-22)19-34-30-36-27(23-14-16-33-17-15-23)28(29(39)37(30)4)38-20-24-12-8-9-13-25(24)21-38;1-32-26(34)25(33-17-21-9-5-6-10-22(21)18-33)24(20-11-13-29-14-12-20)31-27(32)30-16-23(28)15-19-7-3-2-4-8-19/h5-17,26H,18-21H2,1-4H3,(H,34,36)(H,35,40);2-14,23H,15-18,28H2,1H3,(H,30,31)/t26-;23-/m00/s1. The highest BCUT2D eigenvalue weighted by Crippen LogP contribution is 2.35. The summed E-state index contributed by atoms with van der Waals surface area (Å²) >= 11 is 0. The van der Waals surface area contributed by atoms with Gasteiger partial charge in [0.1, 0.15) is 28.4 Å². The average Bonchev–Trinajstić information content (AvgIpc) is 4.05. The highest BCUT2D eigenvalue weighted by molar-refractivity contribution is 5.77. The van der Waals surface area contributed by atoms with Gasteiger partial charge in [0.2, 0.25) is 11.9 Å². The number of carbonyl (C=O) groups is 1. The summed E-state index contributed by atoms with van der Waals surface area (Å²) in [6.45, 7) is 8.96. The second-order valence-electron chi connectivity index (χ2n) is 20.0. The molecule has 5 N–H and O–H groups in total. The fourth-order valence-corrected chi connectivity index (χ4v) is 9.44. The number of carbonyl (C=O) groups excluding carboxylic acids is 1. The van der Waals surface area contributed by atoms with Gasteiger partial charge in [-0.3, -0.25) is 28.7 Å². The third kappa shape index (κ3) is 12.6. The molecule has 0 radical (unpaired) electrons. The minimum Gasteiger partial charge on any atom is -0.444 e. The van der Waals surface area contributed by atoms with Crippen LogP contribution in [0.15, 0.2) is 168 Å². The number of fused-ring (bicyclic) bond motifs is 2. The number of anilines is 4. The number of nitrogens with zero attached hydrogens (tertiary/aromatic N) is 8. The second-order valence-corrected chi connectivity index (χ2v) is 20.0. The lowest BCUT2D eigenvalue weighted by molar-refractivity contribution is 0.0507. The zero-order valence-electron chi connectivity index (χ0n) is 43.1. The number of nitrogens with two attached hydrogens (primary N) is 1. The van der Waals surface area contributed by atoms with Crippen molar-refractivity contribution < 1.29 is 9.53 Å². The monoisotopic (exact) mass is 1000 g/mol. The molecule has 4 aromatic carbocycles. The SMILES string of the molecule is Cn1c(NC[C@@H](N)Cc2ccccc2)nc(-c2ccncc2)c(N2Cc3ccccc3C2)c1=O.Cn1c(NC[C@H](Cc2ccccc2)NC(=O)OC(C)(C)C)nc(-c2ccncc2)c(N2Cc3ccccc3C2)c1=O. The molecule has 6 heterocycles. The number of ether oxygens (including phenoxy) is 1. The van der Waals surface area contributed by atoms with Crippen molar-refractivity contribution in [1.29, 1.82) is 0 Å². The summed E-state index contributed by atoms with van der Waals surface area (Å²) in [7, 11) is 3.47. The Bertz CT molecular complexity index is 3300. The zero-order valence-corrected chi connectivity index (χ0v) is 43.1. The van der Waals surface area contributed by atoms with Crippen LogP contribution in [0.2, 0.25) is 0 Å². The molecule has 0 saturated carbocycles. The predicted octanol–water partition coefficient (Wildman–Crippen LogP) is 8.25. The molecule has 8 aromatic rings. The van der Waals surface area contributed by atoms with Crippen LogP contribution in [0, 0.1) is 0 Å². The van der Waals surface area contributed by atoms with Crippen molar-refractivity contribution in [3.8, 4) is 22.5 Å². The second kappa shape index (κ2) is 23.1. The molecule has 1 amide bonds. The van der Waals surface area contributed by atoms with Gasteiger partial charge in [-0.2, -0.15) is 0 Å². The molecule has 16 heteroatoms. The van der Waals surface area contributed by atoms with Gasteiger partial charge in [-0.05, 0) is 91.3 Å². The van der Waals surface area contributed by atoms with Gasteiger partial charge in [-0.15, -0.1) is 0 Å². The maximum atomic E-state index is 13.9. The summed E-state index contributed by atoms with van der Waals surface area (Å²) in [5, 5.41) is 9.63. The fraction of sp³-hybridized carbons (Fsp3) is 0.271. The first-order chi connectivity index (χ1) is 36.3. The van der Waals surface area contributed by atoms with E-state index in [0.29, 0.717) is 80.3 Å². The highest BCUT2D eigenvalue weighted by atomic mass is 16.6. The molecule has 0 aliphatic carbocycles. The summed E-state index contributed by atoms with van der Waals surface area (Å²) in [4.78, 5) is 62.6. The Morgan fingerprint density at radius 1 is 0.573 bits per heavy atom. The normalized spacial score (nSPS) is 13.5. The number of aromatic nitrogens is 6. The Labute approximate surface area is 437 Å². The van der Waals surface area contributed by atoms with Crippen molar-refractivity contribution in [3.63, 3.8) is 0 Å². The van der Waals surface area contributed by atoms with Crippen molar-refractivity contribution in [2.45, 2.75) is 77.5 Å². The van der Waals surface area contributed by atoms with E-state index in [2.05, 4.69) is 72.1 Å². The summed E-state index contributed by atoms with van der Waals surface area (Å²) in [6, 6.07) is 43.7.